The van der Waals surface area contributed by atoms with Crippen molar-refractivity contribution in [2.45, 2.75) is 201 Å². The fourth-order valence-electron chi connectivity index (χ4n) is 6.85. The molecule has 11 heteroatoms. The Morgan fingerprint density at radius 1 is 0.289 bits per heavy atom. The van der Waals surface area contributed by atoms with Crippen LogP contribution >= 0.6 is 0 Å². The number of hydrogen-bond donors (Lipinski definition) is 0. The molecule has 0 atom stereocenters. The topological polar surface area (TPSA) is 55.4 Å². The lowest BCUT2D eigenvalue weighted by Gasteiger charge is -2.48. The Morgan fingerprint density at radius 3 is 0.733 bits per heavy atom. The fourth-order valence-corrected chi connectivity index (χ4v) is 30.7. The molecule has 0 amide bonds. The lowest BCUT2D eigenvalue weighted by atomic mass is 10.1. The molecule has 0 aromatic rings. The quantitative estimate of drug-likeness (QED) is 0.0508. The van der Waals surface area contributed by atoms with Gasteiger partial charge in [0, 0.05) is 31.9 Å². The molecule has 0 aromatic carbocycles. The molecule has 0 rings (SSSR count). The van der Waals surface area contributed by atoms with Crippen LogP contribution in [0.25, 0.3) is 0 Å². The third-order valence-corrected chi connectivity index (χ3v) is 35.4. The Balaban J connectivity index is 5.55. The van der Waals surface area contributed by atoms with Gasteiger partial charge in [0.1, 0.15) is 0 Å². The minimum atomic E-state index is -2.86. The molecular weight excluding hydrogens is 645 g/mol. The summed E-state index contributed by atoms with van der Waals surface area (Å²) in [4.78, 5) is 0. The summed E-state index contributed by atoms with van der Waals surface area (Å²) in [5.74, 6) is 0. The Morgan fingerprint density at radius 2 is 0.511 bits per heavy atom. The van der Waals surface area contributed by atoms with Crippen LogP contribution in [-0.2, 0) is 25.6 Å². The van der Waals surface area contributed by atoms with Crippen molar-refractivity contribution in [3.05, 3.63) is 0 Å². The maximum Gasteiger partial charge on any atom is 0.500 e. The molecule has 0 aliphatic heterocycles. The van der Waals surface area contributed by atoms with Crippen LogP contribution in [0, 0.1) is 0 Å². The van der Waals surface area contributed by atoms with Gasteiger partial charge in [0.05, 0.1) is 0 Å². The third kappa shape index (κ3) is 15.5. The zero-order chi connectivity index (χ0) is 34.3. The van der Waals surface area contributed by atoms with E-state index in [1.165, 1.54) is 44.9 Å². The summed E-state index contributed by atoms with van der Waals surface area (Å²) in [5.41, 5.74) is 0. The van der Waals surface area contributed by atoms with Crippen molar-refractivity contribution in [3.8, 4) is 0 Å². The van der Waals surface area contributed by atoms with Gasteiger partial charge >= 0.3 is 17.6 Å². The lowest BCUT2D eigenvalue weighted by Crippen LogP contribution is -2.64. The van der Waals surface area contributed by atoms with E-state index in [2.05, 4.69) is 62.3 Å². The summed E-state index contributed by atoms with van der Waals surface area (Å²) < 4.78 is 41.0. The highest BCUT2D eigenvalue weighted by Crippen LogP contribution is 2.39. The summed E-state index contributed by atoms with van der Waals surface area (Å²) in [5, 5.41) is 0. The predicted molar refractivity (Wildman–Crippen MR) is 208 cm³/mol. The second-order valence-electron chi connectivity index (χ2n) is 13.0. The largest absolute Gasteiger partial charge is 0.500 e. The Hall–Kier alpha value is 0.844. The van der Waals surface area contributed by atoms with E-state index in [1.807, 2.05) is 20.8 Å². The second-order valence-corrected chi connectivity index (χ2v) is 33.5. The van der Waals surface area contributed by atoms with Gasteiger partial charge in [-0.2, -0.15) is 0 Å². The first kappa shape index (κ1) is 45.8. The van der Waals surface area contributed by atoms with Crippen LogP contribution in [0.4, 0.5) is 0 Å². The Kier molecular flexibility index (Phi) is 25.4. The summed E-state index contributed by atoms with van der Waals surface area (Å²) in [6, 6.07) is 12.4. The minimum absolute atomic E-state index is 0.660. The van der Waals surface area contributed by atoms with Crippen molar-refractivity contribution in [2.75, 3.05) is 19.8 Å². The first-order valence-corrected chi connectivity index (χ1v) is 31.0. The number of unbranched alkanes of at least 4 members (excludes halogenated alkanes) is 7. The zero-order valence-corrected chi connectivity index (χ0v) is 37.5. The van der Waals surface area contributed by atoms with E-state index < -0.39 is 42.6 Å². The van der Waals surface area contributed by atoms with Gasteiger partial charge in [0.2, 0.25) is 0 Å². The SMILES string of the molecule is CCO[Si](CCCCCCCCCC[Si](O[Si](CC)(CC)CC)(O[Si](CC)(CC)CC)O[Si](CC)(CC)CC)(OCC)OCC. The molecular formula is C34H80O6Si5. The van der Waals surface area contributed by atoms with Gasteiger partial charge in [-0.25, -0.2) is 0 Å². The van der Waals surface area contributed by atoms with Crippen molar-refractivity contribution < 1.29 is 25.6 Å². The smallest absolute Gasteiger partial charge is 0.416 e. The average Bonchev–Trinajstić information content (AvgIpc) is 3.06. The first-order chi connectivity index (χ1) is 21.6. The minimum Gasteiger partial charge on any atom is -0.416 e. The number of rotatable bonds is 32. The summed E-state index contributed by atoms with van der Waals surface area (Å²) in [6.07, 6.45) is 9.92. The van der Waals surface area contributed by atoms with Crippen LogP contribution in [0.1, 0.15) is 134 Å². The van der Waals surface area contributed by atoms with E-state index in [0.29, 0.717) is 19.8 Å². The van der Waals surface area contributed by atoms with Crippen molar-refractivity contribution in [1.29, 1.82) is 0 Å². The van der Waals surface area contributed by atoms with Crippen LogP contribution < -0.4 is 0 Å². The van der Waals surface area contributed by atoms with E-state index in [-0.39, 0.29) is 0 Å². The van der Waals surface area contributed by atoms with Crippen molar-refractivity contribution in [2.24, 2.45) is 0 Å². The normalized spacial score (nSPS) is 13.6. The van der Waals surface area contributed by atoms with Crippen LogP contribution in [-0.4, -0.2) is 62.4 Å². The lowest BCUT2D eigenvalue weighted by molar-refractivity contribution is 0.0706. The highest BCUT2D eigenvalue weighted by Gasteiger charge is 2.54. The highest BCUT2D eigenvalue weighted by atomic mass is 28.5. The average molecular weight is 725 g/mol. The molecule has 45 heavy (non-hydrogen) atoms. The molecule has 0 aliphatic carbocycles. The van der Waals surface area contributed by atoms with E-state index in [4.69, 9.17) is 25.6 Å². The molecule has 0 bridgehead atoms. The van der Waals surface area contributed by atoms with Gasteiger partial charge in [-0.3, -0.25) is 0 Å². The molecule has 0 aromatic heterocycles. The predicted octanol–water partition coefficient (Wildman–Crippen LogP) is 12.2. The Bertz CT molecular complexity index is 608. The third-order valence-electron chi connectivity index (χ3n) is 10.7. The standard InChI is InChI=1S/C34H80O6Si5/c1-13-35-44(36-14-2,37-15-3)33-31-29-27-25-26-28-30-32-34-45(38-41(16-4,17-5)18-6,39-42(19-7,20-8)21-9)40-43(22-10,23-11)24-12/h13-34H2,1-12H3. The van der Waals surface area contributed by atoms with Crippen LogP contribution in [0.3, 0.4) is 0 Å². The highest BCUT2D eigenvalue weighted by molar-refractivity contribution is 6.92. The maximum absolute atomic E-state index is 7.62. The van der Waals surface area contributed by atoms with Gasteiger partial charge in [-0.05, 0) is 88.0 Å². The number of hydrogen-bond acceptors (Lipinski definition) is 6. The molecule has 6 nitrogen and oxygen atoms in total. The molecule has 0 saturated carbocycles. The van der Waals surface area contributed by atoms with E-state index >= 15 is 0 Å². The van der Waals surface area contributed by atoms with Gasteiger partial charge in [-0.15, -0.1) is 0 Å². The molecule has 0 fully saturated rings. The molecule has 0 heterocycles. The van der Waals surface area contributed by atoms with Crippen LogP contribution in [0.5, 0.6) is 0 Å². The molecule has 0 saturated heterocycles. The molecule has 0 unspecified atom stereocenters. The molecule has 0 aliphatic rings. The summed E-state index contributed by atoms with van der Waals surface area (Å²) in [7, 11) is -11.1. The monoisotopic (exact) mass is 724 g/mol. The zero-order valence-electron chi connectivity index (χ0n) is 32.5. The Labute approximate surface area is 287 Å². The van der Waals surface area contributed by atoms with Gasteiger partial charge in [0.15, 0.2) is 25.0 Å². The van der Waals surface area contributed by atoms with Crippen molar-refractivity contribution in [3.63, 3.8) is 0 Å². The fraction of sp³-hybridized carbons (Fsp3) is 1.00. The van der Waals surface area contributed by atoms with Crippen molar-refractivity contribution in [1.82, 2.24) is 0 Å². The molecule has 0 radical (unpaired) electrons. The summed E-state index contributed by atoms with van der Waals surface area (Å²) >= 11 is 0. The first-order valence-electron chi connectivity index (χ1n) is 19.6. The molecule has 0 N–H and O–H groups in total. The van der Waals surface area contributed by atoms with Gasteiger partial charge in [-0.1, -0.05) is 101 Å². The van der Waals surface area contributed by atoms with Gasteiger partial charge < -0.3 is 25.6 Å². The van der Waals surface area contributed by atoms with Crippen molar-refractivity contribution >= 4 is 42.6 Å². The summed E-state index contributed by atoms with van der Waals surface area (Å²) in [6.45, 7) is 29.3. The van der Waals surface area contributed by atoms with Gasteiger partial charge in [0.25, 0.3) is 0 Å². The van der Waals surface area contributed by atoms with Crippen LogP contribution in [0.15, 0.2) is 0 Å². The molecule has 272 valence electrons. The molecule has 0 spiro atoms. The maximum atomic E-state index is 7.62. The van der Waals surface area contributed by atoms with Crippen LogP contribution in [0.2, 0.25) is 66.5 Å². The van der Waals surface area contributed by atoms with E-state index in [9.17, 15) is 0 Å². The second kappa shape index (κ2) is 24.9. The van der Waals surface area contributed by atoms with E-state index in [0.717, 1.165) is 72.9 Å². The van der Waals surface area contributed by atoms with E-state index in [1.54, 1.807) is 0 Å².